The second kappa shape index (κ2) is 29.6. The van der Waals surface area contributed by atoms with Crippen molar-refractivity contribution >= 4 is 75.2 Å². The van der Waals surface area contributed by atoms with Gasteiger partial charge in [-0.25, -0.2) is 4.79 Å². The summed E-state index contributed by atoms with van der Waals surface area (Å²) in [7, 11) is -3.03. The molecule has 0 amide bonds. The molecule has 3 rings (SSSR count). The minimum Gasteiger partial charge on any atom is -0.462 e. The van der Waals surface area contributed by atoms with Gasteiger partial charge in [-0.05, 0) is 24.6 Å². The van der Waals surface area contributed by atoms with Crippen molar-refractivity contribution in [1.82, 2.24) is 0 Å². The highest BCUT2D eigenvalue weighted by atomic mass is 31.2. The molecular weight excluding hydrogens is 992 g/mol. The first kappa shape index (κ1) is 58.7. The highest BCUT2D eigenvalue weighted by Gasteiger charge is 2.42. The Balaban J connectivity index is 1.47. The Morgan fingerprint density at radius 2 is 1.03 bits per heavy atom. The van der Waals surface area contributed by atoms with E-state index in [4.69, 9.17) is 55.7 Å². The van der Waals surface area contributed by atoms with Crippen LogP contribution in [0.3, 0.4) is 0 Å². The topological polar surface area (TPSA) is 340 Å². The summed E-state index contributed by atoms with van der Waals surface area (Å²) in [5, 5.41) is 20.0. The van der Waals surface area contributed by atoms with Crippen LogP contribution in [0, 0.1) is 5.92 Å². The monoisotopic (exact) mass is 1040 g/mol. The molecule has 1 heterocycles. The molecule has 0 radical (unpaired) electrons. The number of esters is 9. The van der Waals surface area contributed by atoms with E-state index in [1.54, 1.807) is 42.5 Å². The van der Waals surface area contributed by atoms with Crippen LogP contribution in [0.2, 0.25) is 0 Å². The van der Waals surface area contributed by atoms with E-state index in [-0.39, 0.29) is 29.5 Å². The van der Waals surface area contributed by atoms with Crippen LogP contribution in [0.1, 0.15) is 32.6 Å². The van der Waals surface area contributed by atoms with E-state index in [9.17, 15) is 57.9 Å². The third kappa shape index (κ3) is 20.4. The van der Waals surface area contributed by atoms with Crippen LogP contribution >= 0.6 is 7.37 Å². The van der Waals surface area contributed by atoms with Gasteiger partial charge in [-0.15, -0.1) is 0 Å². The maximum Gasteiger partial charge on any atom is 0.527 e. The van der Waals surface area contributed by atoms with Crippen LogP contribution < -0.4 is 9.83 Å². The lowest BCUT2D eigenvalue weighted by atomic mass is 10.0. The van der Waals surface area contributed by atoms with Gasteiger partial charge in [-0.2, -0.15) is 0 Å². The van der Waals surface area contributed by atoms with E-state index in [2.05, 4.69) is 16.1 Å². The number of hydrogen-bond donors (Lipinski definition) is 2. The third-order valence-electron chi connectivity index (χ3n) is 9.22. The molecule has 71 heavy (non-hydrogen) atoms. The summed E-state index contributed by atoms with van der Waals surface area (Å²) < 4.78 is 84.3. The number of aliphatic hydroxyl groups is 2. The van der Waals surface area contributed by atoms with Crippen molar-refractivity contribution < 1.29 is 123 Å². The highest BCUT2D eigenvalue weighted by Crippen LogP contribution is 2.55. The Morgan fingerprint density at radius 3 is 1.55 bits per heavy atom. The molecule has 28 heteroatoms. The predicted molar refractivity (Wildman–Crippen MR) is 235 cm³/mol. The molecule has 0 saturated carbocycles. The van der Waals surface area contributed by atoms with Crippen LogP contribution in [0.25, 0.3) is 11.1 Å². The molecule has 0 aromatic heterocycles. The van der Waals surface area contributed by atoms with E-state index in [1.807, 2.05) is 0 Å². The molecule has 1 aliphatic heterocycles. The van der Waals surface area contributed by atoms with Crippen LogP contribution in [0.5, 0.6) is 5.75 Å². The first-order valence-corrected chi connectivity index (χ1v) is 24.6. The minimum absolute atomic E-state index is 0.0701. The normalized spacial score (nSPS) is 14.8. The average Bonchev–Trinajstić information content (AvgIpc) is 3.33. The predicted octanol–water partition coefficient (Wildman–Crippen LogP) is 0.319. The van der Waals surface area contributed by atoms with E-state index in [0.29, 0.717) is 11.1 Å². The van der Waals surface area contributed by atoms with Crippen molar-refractivity contribution in [3.63, 3.8) is 0 Å². The van der Waals surface area contributed by atoms with Crippen molar-refractivity contribution in [3.05, 3.63) is 60.7 Å². The smallest absolute Gasteiger partial charge is 0.462 e. The number of ether oxygens (including phenoxy) is 10. The van der Waals surface area contributed by atoms with Gasteiger partial charge in [-0.3, -0.25) is 42.9 Å². The molecule has 0 fully saturated rings. The fraction of sp³-hybridized carbons (Fsp3) is 0.465. The van der Waals surface area contributed by atoms with Crippen LogP contribution in [0.15, 0.2) is 60.7 Å². The Hall–Kier alpha value is -6.58. The van der Waals surface area contributed by atoms with Gasteiger partial charge in [0.15, 0.2) is 0 Å². The number of aliphatic hydroxyl groups excluding tert-OH is 2. The first-order valence-electron chi connectivity index (χ1n) is 20.9. The van der Waals surface area contributed by atoms with Gasteiger partial charge in [0.1, 0.15) is 63.3 Å². The van der Waals surface area contributed by atoms with Crippen LogP contribution in [0.4, 0.5) is 0 Å². The lowest BCUT2D eigenvalue weighted by Gasteiger charge is -2.30. The van der Waals surface area contributed by atoms with Gasteiger partial charge in [-0.1, -0.05) is 43.0 Å². The summed E-state index contributed by atoms with van der Waals surface area (Å²) >= 11 is 0. The van der Waals surface area contributed by atoms with Crippen molar-refractivity contribution in [3.8, 4) is 16.9 Å². The molecule has 2 aromatic carbocycles. The maximum absolute atomic E-state index is 14.6. The van der Waals surface area contributed by atoms with Crippen molar-refractivity contribution in [2.24, 2.45) is 5.92 Å². The van der Waals surface area contributed by atoms with Gasteiger partial charge >= 0.3 is 62.5 Å². The first-order chi connectivity index (χ1) is 33.7. The molecule has 0 spiro atoms. The van der Waals surface area contributed by atoms with Crippen LogP contribution in [-0.4, -0.2) is 165 Å². The van der Waals surface area contributed by atoms with Gasteiger partial charge in [0.05, 0.1) is 30.4 Å². The molecule has 1 aliphatic rings. The second-order valence-electron chi connectivity index (χ2n) is 14.7. The number of benzene rings is 2. The highest BCUT2D eigenvalue weighted by molar-refractivity contribution is 7.67. The zero-order chi connectivity index (χ0) is 52.6. The molecule has 0 aliphatic carbocycles. The summed E-state index contributed by atoms with van der Waals surface area (Å²) in [4.78, 5) is 110. The van der Waals surface area contributed by atoms with Crippen LogP contribution in [-0.2, 0) is 108 Å². The molecule has 0 saturated heterocycles. The summed E-state index contributed by atoms with van der Waals surface area (Å²) in [5.74, 6) is -11.9. The molecule has 2 N–H and O–H groups in total. The van der Waals surface area contributed by atoms with Crippen molar-refractivity contribution in [2.75, 3.05) is 80.5 Å². The lowest BCUT2D eigenvalue weighted by molar-refractivity contribution is -0.179. The van der Waals surface area contributed by atoms with Gasteiger partial charge in [0, 0.05) is 32.5 Å². The quantitative estimate of drug-likeness (QED) is 0.0195. The minimum atomic E-state index is -4.04. The average molecular weight is 1040 g/mol. The van der Waals surface area contributed by atoms with Gasteiger partial charge < -0.3 is 75.4 Å². The second-order valence-corrected chi connectivity index (χ2v) is 19.9. The molecule has 4 atom stereocenters. The molecule has 26 nitrogen and oxygen atoms in total. The Bertz CT molecular complexity index is 2250. The zero-order valence-electron chi connectivity index (χ0n) is 38.9. The third-order valence-corrected chi connectivity index (χ3v) is 14.2. The molecule has 390 valence electrons. The number of fused-ring (bicyclic) bond motifs is 3. The number of carbonyl (C=O) groups excluding carboxylic acids is 9. The number of hydrogen-bond acceptors (Lipinski definition) is 26. The van der Waals surface area contributed by atoms with E-state index in [1.165, 1.54) is 34.3 Å². The van der Waals surface area contributed by atoms with Gasteiger partial charge in [0.25, 0.3) is 7.37 Å². The zero-order valence-corrected chi connectivity index (χ0v) is 40.8. The lowest BCUT2D eigenvalue weighted by Crippen LogP contribution is -2.48. The van der Waals surface area contributed by atoms with Crippen molar-refractivity contribution in [2.45, 2.75) is 44.8 Å². The number of rotatable bonds is 31. The summed E-state index contributed by atoms with van der Waals surface area (Å²) in [5.41, 5.74) is 1.19. The Kier molecular flexibility index (Phi) is 24.5. The number of carbonyl (C=O) groups is 9. The fourth-order valence-electron chi connectivity index (χ4n) is 5.65. The molecule has 0 bridgehead atoms. The van der Waals surface area contributed by atoms with Gasteiger partial charge in [0.2, 0.25) is 20.4 Å². The summed E-state index contributed by atoms with van der Waals surface area (Å²) in [6.45, 7) is -0.467. The summed E-state index contributed by atoms with van der Waals surface area (Å²) in [6, 6.07) is 13.1. The largest absolute Gasteiger partial charge is 0.527 e. The van der Waals surface area contributed by atoms with E-state index < -0.39 is 160 Å². The molecular formula is C43H53O26PSi. The Labute approximate surface area is 406 Å². The fourth-order valence-corrected chi connectivity index (χ4v) is 9.45. The maximum atomic E-state index is 14.6. The number of para-hydroxylation sites is 1. The molecule has 4 unspecified atom stereocenters. The van der Waals surface area contributed by atoms with Crippen molar-refractivity contribution in [1.29, 1.82) is 0 Å². The Morgan fingerprint density at radius 1 is 0.592 bits per heavy atom. The van der Waals surface area contributed by atoms with E-state index in [0.717, 1.165) is 0 Å². The standard InChI is InChI=1S/C43H53O26PSi/c1-27(2)42(53)62-21-30(45)20-61-37(48)16-39(50)67-25-68-43(54)28(22-70(55)34-13-9-7-11-32(34)31-10-6-8-12-33(31)69-70)14-35(46)63-23-64-40(51)17-41(52)66-24-65-38(49)15-36(47)60-19-29(44)18-59-26-71(56-3,57-4)58-5/h6-13,28-30,44-45H,1,14-26H2,2-5H3. The summed E-state index contributed by atoms with van der Waals surface area (Å²) in [6.07, 6.45) is -7.34. The van der Waals surface area contributed by atoms with E-state index >= 15 is 0 Å². The molecule has 2 aromatic rings. The SMILES string of the molecule is C=C(C)C(=O)OCC(O)COC(=O)CC(=O)OCOC(=O)C(CC(=O)OCOC(=O)CC(=O)OCOC(=O)CC(=O)OCC(O)COC[Si](OC)(OC)OC)CP1(=O)Oc2ccccc2-c2ccccc21.